The maximum Gasteiger partial charge on any atom is 0.280 e. The topological polar surface area (TPSA) is 55.2 Å². The van der Waals surface area contributed by atoms with Gasteiger partial charge in [0.2, 0.25) is 0 Å². The summed E-state index contributed by atoms with van der Waals surface area (Å²) in [5.74, 6) is 0. The SMILES string of the molecule is C=C/C=C(\C=C/C)NC(=C)c1c(Cl)cccc1[N+](=O)[O-]. The first-order valence-corrected chi connectivity index (χ1v) is 6.23. The number of nitro groups is 1. The predicted molar refractivity (Wildman–Crippen MR) is 83.4 cm³/mol. The van der Waals surface area contributed by atoms with Crippen LogP contribution in [0.4, 0.5) is 5.69 Å². The third-order valence-electron chi connectivity index (χ3n) is 2.43. The Kier molecular flexibility index (Phi) is 5.74. The third-order valence-corrected chi connectivity index (χ3v) is 2.74. The van der Waals surface area contributed by atoms with E-state index in [2.05, 4.69) is 18.5 Å². The van der Waals surface area contributed by atoms with E-state index in [1.807, 2.05) is 13.0 Å². The van der Waals surface area contributed by atoms with E-state index >= 15 is 0 Å². The number of nitrogens with zero attached hydrogens (tertiary/aromatic N) is 1. The smallest absolute Gasteiger partial charge is 0.280 e. The predicted octanol–water partition coefficient (Wildman–Crippen LogP) is 4.45. The molecule has 1 N–H and O–H groups in total. The van der Waals surface area contributed by atoms with E-state index in [0.29, 0.717) is 11.4 Å². The highest BCUT2D eigenvalue weighted by Crippen LogP contribution is 2.31. The molecule has 4 nitrogen and oxygen atoms in total. The lowest BCUT2D eigenvalue weighted by atomic mass is 10.1. The maximum absolute atomic E-state index is 11.0. The normalized spacial score (nSPS) is 11.4. The van der Waals surface area contributed by atoms with Crippen LogP contribution in [0.1, 0.15) is 12.5 Å². The Labute approximate surface area is 122 Å². The lowest BCUT2D eigenvalue weighted by Crippen LogP contribution is -2.11. The monoisotopic (exact) mass is 290 g/mol. The summed E-state index contributed by atoms with van der Waals surface area (Å²) >= 11 is 6.04. The highest BCUT2D eigenvalue weighted by Gasteiger charge is 2.19. The minimum Gasteiger partial charge on any atom is -0.355 e. The Bertz CT molecular complexity index is 604. The number of hydrogen-bond acceptors (Lipinski definition) is 3. The van der Waals surface area contributed by atoms with Crippen molar-refractivity contribution < 1.29 is 4.92 Å². The Hall–Kier alpha value is -2.33. The molecule has 0 bridgehead atoms. The van der Waals surface area contributed by atoms with Crippen molar-refractivity contribution in [1.29, 1.82) is 0 Å². The Morgan fingerprint density at radius 3 is 2.75 bits per heavy atom. The fraction of sp³-hybridized carbons (Fsp3) is 0.0667. The molecule has 104 valence electrons. The van der Waals surface area contributed by atoms with Crippen LogP contribution in [0.2, 0.25) is 5.02 Å². The van der Waals surface area contributed by atoms with Gasteiger partial charge in [-0.25, -0.2) is 0 Å². The molecule has 0 aliphatic carbocycles. The summed E-state index contributed by atoms with van der Waals surface area (Å²) in [6, 6.07) is 4.51. The van der Waals surface area contributed by atoms with Gasteiger partial charge in [0.1, 0.15) is 0 Å². The van der Waals surface area contributed by atoms with Gasteiger partial charge < -0.3 is 5.32 Å². The van der Waals surface area contributed by atoms with Crippen LogP contribution in [0.5, 0.6) is 0 Å². The fourth-order valence-electron chi connectivity index (χ4n) is 1.65. The lowest BCUT2D eigenvalue weighted by molar-refractivity contribution is -0.385. The van der Waals surface area contributed by atoms with Gasteiger partial charge in [0.25, 0.3) is 5.69 Å². The standard InChI is InChI=1S/C15H15ClN2O2/c1-4-7-12(8-5-2)17-11(3)15-13(16)9-6-10-14(15)18(19)20/h4-10,17H,1,3H2,2H3/b8-5-,12-7+. The van der Waals surface area contributed by atoms with Gasteiger partial charge in [-0.1, -0.05) is 43.0 Å². The molecule has 5 heteroatoms. The summed E-state index contributed by atoms with van der Waals surface area (Å²) in [5.41, 5.74) is 1.25. The second-order valence-electron chi connectivity index (χ2n) is 3.85. The minimum atomic E-state index is -0.485. The fourth-order valence-corrected chi connectivity index (χ4v) is 1.93. The van der Waals surface area contributed by atoms with Crippen LogP contribution in [0.25, 0.3) is 5.70 Å². The first-order valence-electron chi connectivity index (χ1n) is 5.85. The van der Waals surface area contributed by atoms with E-state index in [-0.39, 0.29) is 16.3 Å². The Balaban J connectivity index is 3.18. The van der Waals surface area contributed by atoms with E-state index in [1.165, 1.54) is 12.1 Å². The second-order valence-corrected chi connectivity index (χ2v) is 4.26. The molecule has 0 saturated carbocycles. The van der Waals surface area contributed by atoms with Gasteiger partial charge in [-0.15, -0.1) is 0 Å². The van der Waals surface area contributed by atoms with E-state index in [1.54, 1.807) is 24.3 Å². The molecule has 1 rings (SSSR count). The van der Waals surface area contributed by atoms with Crippen LogP contribution < -0.4 is 5.32 Å². The third kappa shape index (κ3) is 3.83. The van der Waals surface area contributed by atoms with Gasteiger partial charge in [-0.05, 0) is 25.1 Å². The van der Waals surface area contributed by atoms with Gasteiger partial charge >= 0.3 is 0 Å². The van der Waals surface area contributed by atoms with Crippen LogP contribution in [0, 0.1) is 10.1 Å². The molecule has 0 amide bonds. The van der Waals surface area contributed by atoms with Gasteiger partial charge in [0.05, 0.1) is 15.5 Å². The summed E-state index contributed by atoms with van der Waals surface area (Å²) in [6.07, 6.45) is 6.97. The Morgan fingerprint density at radius 2 is 2.20 bits per heavy atom. The average molecular weight is 291 g/mol. The van der Waals surface area contributed by atoms with Crippen molar-refractivity contribution in [2.45, 2.75) is 6.92 Å². The van der Waals surface area contributed by atoms with Crippen molar-refractivity contribution in [3.8, 4) is 0 Å². The first kappa shape index (κ1) is 15.7. The number of halogens is 1. The summed E-state index contributed by atoms with van der Waals surface area (Å²) in [7, 11) is 0. The maximum atomic E-state index is 11.0. The molecule has 0 aromatic heterocycles. The van der Waals surface area contributed by atoms with E-state index in [0.717, 1.165) is 0 Å². The van der Waals surface area contributed by atoms with Crippen molar-refractivity contribution in [2.75, 3.05) is 0 Å². The molecule has 0 aliphatic rings. The molecule has 1 aromatic carbocycles. The molecule has 0 fully saturated rings. The summed E-state index contributed by atoms with van der Waals surface area (Å²) in [6.45, 7) is 9.30. The highest BCUT2D eigenvalue weighted by molar-refractivity contribution is 6.32. The van der Waals surface area contributed by atoms with Crippen LogP contribution in [-0.2, 0) is 0 Å². The van der Waals surface area contributed by atoms with E-state index < -0.39 is 4.92 Å². The molecule has 0 saturated heterocycles. The van der Waals surface area contributed by atoms with Gasteiger partial charge in [0.15, 0.2) is 0 Å². The van der Waals surface area contributed by atoms with Crippen molar-refractivity contribution in [2.24, 2.45) is 0 Å². The average Bonchev–Trinajstić information content (AvgIpc) is 2.38. The molecule has 0 unspecified atom stereocenters. The van der Waals surface area contributed by atoms with E-state index in [4.69, 9.17) is 11.6 Å². The van der Waals surface area contributed by atoms with Crippen LogP contribution in [0.3, 0.4) is 0 Å². The molecule has 0 spiro atoms. The molecule has 20 heavy (non-hydrogen) atoms. The van der Waals surface area contributed by atoms with Crippen LogP contribution >= 0.6 is 11.6 Å². The molecule has 0 atom stereocenters. The molecule has 0 heterocycles. The first-order chi connectivity index (χ1) is 9.51. The largest absolute Gasteiger partial charge is 0.355 e. The summed E-state index contributed by atoms with van der Waals surface area (Å²) in [4.78, 5) is 10.6. The summed E-state index contributed by atoms with van der Waals surface area (Å²) in [5, 5.41) is 14.3. The molecular weight excluding hydrogens is 276 g/mol. The van der Waals surface area contributed by atoms with Crippen molar-refractivity contribution in [1.82, 2.24) is 5.32 Å². The highest BCUT2D eigenvalue weighted by atomic mass is 35.5. The molecular formula is C15H15ClN2O2. The van der Waals surface area contributed by atoms with Crippen LogP contribution in [0.15, 0.2) is 61.4 Å². The van der Waals surface area contributed by atoms with Crippen molar-refractivity contribution in [3.63, 3.8) is 0 Å². The van der Waals surface area contributed by atoms with E-state index in [9.17, 15) is 10.1 Å². The minimum absolute atomic E-state index is 0.0894. The van der Waals surface area contributed by atoms with Gasteiger partial charge in [0, 0.05) is 17.5 Å². The Morgan fingerprint density at radius 1 is 1.50 bits per heavy atom. The number of hydrogen-bond donors (Lipinski definition) is 1. The number of rotatable bonds is 6. The van der Waals surface area contributed by atoms with Gasteiger partial charge in [-0.3, -0.25) is 10.1 Å². The molecule has 1 aromatic rings. The summed E-state index contributed by atoms with van der Waals surface area (Å²) < 4.78 is 0. The number of allylic oxidation sites excluding steroid dienone is 4. The number of nitro benzene ring substituents is 1. The van der Waals surface area contributed by atoms with Gasteiger partial charge in [-0.2, -0.15) is 0 Å². The number of nitrogens with one attached hydrogen (secondary N) is 1. The van der Waals surface area contributed by atoms with Crippen molar-refractivity contribution >= 4 is 23.0 Å². The zero-order chi connectivity index (χ0) is 15.1. The molecule has 0 aliphatic heterocycles. The zero-order valence-electron chi connectivity index (χ0n) is 11.1. The number of benzene rings is 1. The quantitative estimate of drug-likeness (QED) is 0.478. The lowest BCUT2D eigenvalue weighted by Gasteiger charge is -2.12. The second kappa shape index (κ2) is 7.31. The van der Waals surface area contributed by atoms with Crippen molar-refractivity contribution in [3.05, 3.63) is 82.1 Å². The molecule has 0 radical (unpaired) electrons. The zero-order valence-corrected chi connectivity index (χ0v) is 11.9. The van der Waals surface area contributed by atoms with Crippen LogP contribution in [-0.4, -0.2) is 4.92 Å².